The highest BCUT2D eigenvalue weighted by atomic mass is 16.3. The second kappa shape index (κ2) is 6.81. The Kier molecular flexibility index (Phi) is 4.30. The van der Waals surface area contributed by atoms with Gasteiger partial charge in [0.15, 0.2) is 0 Å². The maximum absolute atomic E-state index is 10.8. The minimum Gasteiger partial charge on any atom is -0.387 e. The monoisotopic (exact) mass is 361 g/mol. The van der Waals surface area contributed by atoms with Crippen molar-refractivity contribution in [3.63, 3.8) is 0 Å². The average molecular weight is 362 g/mol. The first kappa shape index (κ1) is 17.0. The smallest absolute Gasteiger partial charge is 0.129 e. The van der Waals surface area contributed by atoms with Crippen molar-refractivity contribution in [1.29, 1.82) is 0 Å². The predicted octanol–water partition coefficient (Wildman–Crippen LogP) is 2.83. The molecule has 0 saturated carbocycles. The molecule has 140 valence electrons. The van der Waals surface area contributed by atoms with E-state index in [9.17, 15) is 5.11 Å². The fraction of sp³-hybridized carbons (Fsp3) is 0.417. The van der Waals surface area contributed by atoms with Crippen molar-refractivity contribution in [2.45, 2.75) is 51.3 Å². The van der Waals surface area contributed by atoms with Gasteiger partial charge in [-0.25, -0.2) is 0 Å². The first-order chi connectivity index (χ1) is 13.2. The minimum absolute atomic E-state index is 0.272. The van der Waals surface area contributed by atoms with E-state index in [-0.39, 0.29) is 6.10 Å². The van der Waals surface area contributed by atoms with E-state index in [0.29, 0.717) is 6.04 Å². The molecule has 2 N–H and O–H groups in total. The van der Waals surface area contributed by atoms with E-state index < -0.39 is 0 Å². The molecule has 0 spiro atoms. The van der Waals surface area contributed by atoms with Gasteiger partial charge in [-0.1, -0.05) is 42.0 Å². The molecule has 3 nitrogen and oxygen atoms in total. The molecule has 2 aromatic carbocycles. The molecule has 0 fully saturated rings. The molecular formula is C24H29N2O+. The molecule has 1 aliphatic carbocycles. The van der Waals surface area contributed by atoms with Crippen LogP contribution in [0.25, 0.3) is 10.9 Å². The van der Waals surface area contributed by atoms with Crippen molar-refractivity contribution in [3.05, 3.63) is 70.9 Å². The van der Waals surface area contributed by atoms with Gasteiger partial charge in [0.25, 0.3) is 0 Å². The van der Waals surface area contributed by atoms with Gasteiger partial charge in [0, 0.05) is 23.7 Å². The Morgan fingerprint density at radius 1 is 1.19 bits per heavy atom. The zero-order chi connectivity index (χ0) is 18.4. The van der Waals surface area contributed by atoms with Crippen LogP contribution in [0.4, 0.5) is 0 Å². The molecule has 27 heavy (non-hydrogen) atoms. The highest BCUT2D eigenvalue weighted by Gasteiger charge is 2.38. The third-order valence-electron chi connectivity index (χ3n) is 6.58. The first-order valence-corrected chi connectivity index (χ1v) is 10.4. The molecule has 3 heteroatoms. The number of nitrogens with one attached hydrogen (secondary N) is 1. The van der Waals surface area contributed by atoms with Crippen LogP contribution in [0.5, 0.6) is 0 Å². The highest BCUT2D eigenvalue weighted by molar-refractivity contribution is 5.86. The summed E-state index contributed by atoms with van der Waals surface area (Å²) in [5.74, 6) is 0. The SMILES string of the molecule is Cc1ccc2c(c1)c1c3n2CC[NH+](C[C@@H](O)Cc2ccccc2)[C@@H]3CCC1. The number of nitrogens with zero attached hydrogens (tertiary/aromatic N) is 1. The Labute approximate surface area is 161 Å². The van der Waals surface area contributed by atoms with Crippen LogP contribution < -0.4 is 4.90 Å². The molecule has 3 aromatic rings. The second-order valence-electron chi connectivity index (χ2n) is 8.44. The molecule has 0 saturated heterocycles. The van der Waals surface area contributed by atoms with Crippen LogP contribution in [0.2, 0.25) is 0 Å². The lowest BCUT2D eigenvalue weighted by atomic mass is 9.89. The molecule has 0 bridgehead atoms. The third kappa shape index (κ3) is 2.99. The number of aliphatic hydroxyl groups is 1. The summed E-state index contributed by atoms with van der Waals surface area (Å²) in [7, 11) is 0. The maximum atomic E-state index is 10.8. The number of hydrogen-bond donors (Lipinski definition) is 2. The molecule has 3 atom stereocenters. The average Bonchev–Trinajstić information content (AvgIpc) is 2.99. The molecule has 2 heterocycles. The van der Waals surface area contributed by atoms with Crippen LogP contribution in [-0.4, -0.2) is 28.9 Å². The van der Waals surface area contributed by atoms with Gasteiger partial charge in [-0.2, -0.15) is 0 Å². The van der Waals surface area contributed by atoms with Crippen LogP contribution in [0, 0.1) is 6.92 Å². The zero-order valence-electron chi connectivity index (χ0n) is 16.1. The molecule has 2 aliphatic rings. The van der Waals surface area contributed by atoms with Crippen molar-refractivity contribution < 1.29 is 10.0 Å². The Hall–Kier alpha value is -2.10. The Balaban J connectivity index is 1.43. The lowest BCUT2D eigenvalue weighted by Crippen LogP contribution is -3.14. The van der Waals surface area contributed by atoms with E-state index in [0.717, 1.165) is 26.1 Å². The molecule has 5 rings (SSSR count). The van der Waals surface area contributed by atoms with Gasteiger partial charge in [-0.05, 0) is 43.0 Å². The Morgan fingerprint density at radius 2 is 2.04 bits per heavy atom. The fourth-order valence-corrected chi connectivity index (χ4v) is 5.41. The first-order valence-electron chi connectivity index (χ1n) is 10.4. The summed E-state index contributed by atoms with van der Waals surface area (Å²) in [5, 5.41) is 12.2. The van der Waals surface area contributed by atoms with Crippen LogP contribution in [0.3, 0.4) is 0 Å². The van der Waals surface area contributed by atoms with Gasteiger partial charge in [-0.15, -0.1) is 0 Å². The van der Waals surface area contributed by atoms with Crippen LogP contribution >= 0.6 is 0 Å². The maximum Gasteiger partial charge on any atom is 0.129 e. The molecule has 1 aromatic heterocycles. The van der Waals surface area contributed by atoms with E-state index in [1.165, 1.54) is 41.3 Å². The zero-order valence-corrected chi connectivity index (χ0v) is 16.1. The van der Waals surface area contributed by atoms with Crippen molar-refractivity contribution in [1.82, 2.24) is 4.57 Å². The second-order valence-corrected chi connectivity index (χ2v) is 8.44. The number of aliphatic hydroxyl groups excluding tert-OH is 1. The molecule has 0 radical (unpaired) electrons. The molecule has 0 amide bonds. The summed E-state index contributed by atoms with van der Waals surface area (Å²) in [5.41, 5.74) is 7.15. The van der Waals surface area contributed by atoms with Crippen LogP contribution in [0.1, 0.15) is 41.3 Å². The van der Waals surface area contributed by atoms with Crippen molar-refractivity contribution in [3.8, 4) is 0 Å². The topological polar surface area (TPSA) is 29.6 Å². The number of rotatable bonds is 4. The van der Waals surface area contributed by atoms with Gasteiger partial charge < -0.3 is 14.6 Å². The summed E-state index contributed by atoms with van der Waals surface area (Å²) >= 11 is 0. The normalized spacial score (nSPS) is 22.6. The van der Waals surface area contributed by atoms with Crippen LogP contribution in [0.15, 0.2) is 48.5 Å². The predicted molar refractivity (Wildman–Crippen MR) is 109 cm³/mol. The number of hydrogen-bond acceptors (Lipinski definition) is 1. The Morgan fingerprint density at radius 3 is 2.89 bits per heavy atom. The standard InChI is InChI=1S/C24H28N2O/c1-17-10-11-22-21(14-17)20-8-5-9-23-24(20)26(22)13-12-25(23)16-19(27)15-18-6-3-2-4-7-18/h2-4,6-7,10-11,14,19,23,27H,5,8-9,12-13,15-16H2,1H3/p+1/t19-,23+/m0/s1. The van der Waals surface area contributed by atoms with E-state index in [1.54, 1.807) is 16.2 Å². The summed E-state index contributed by atoms with van der Waals surface area (Å²) in [4.78, 5) is 1.58. The van der Waals surface area contributed by atoms with Crippen LogP contribution in [-0.2, 0) is 19.4 Å². The Bertz CT molecular complexity index is 959. The van der Waals surface area contributed by atoms with Gasteiger partial charge in [0.05, 0.1) is 18.8 Å². The number of aromatic nitrogens is 1. The molecular weight excluding hydrogens is 332 g/mol. The molecule has 1 aliphatic heterocycles. The van der Waals surface area contributed by atoms with Gasteiger partial charge >= 0.3 is 0 Å². The molecule has 1 unspecified atom stereocenters. The summed E-state index contributed by atoms with van der Waals surface area (Å²) in [6.07, 6.45) is 4.20. The number of quaternary nitrogens is 1. The lowest BCUT2D eigenvalue weighted by Gasteiger charge is -2.38. The third-order valence-corrected chi connectivity index (χ3v) is 6.58. The van der Waals surface area contributed by atoms with Crippen molar-refractivity contribution in [2.75, 3.05) is 13.1 Å². The number of aryl methyl sites for hydroxylation is 2. The van der Waals surface area contributed by atoms with Crippen molar-refractivity contribution >= 4 is 10.9 Å². The highest BCUT2D eigenvalue weighted by Crippen LogP contribution is 2.37. The van der Waals surface area contributed by atoms with E-state index >= 15 is 0 Å². The van der Waals surface area contributed by atoms with E-state index in [1.807, 2.05) is 6.07 Å². The minimum atomic E-state index is -0.272. The lowest BCUT2D eigenvalue weighted by molar-refractivity contribution is -0.939. The summed E-state index contributed by atoms with van der Waals surface area (Å²) < 4.78 is 2.58. The largest absolute Gasteiger partial charge is 0.387 e. The van der Waals surface area contributed by atoms with E-state index in [2.05, 4.69) is 54.0 Å². The fourth-order valence-electron chi connectivity index (χ4n) is 5.41. The van der Waals surface area contributed by atoms with Gasteiger partial charge in [0.1, 0.15) is 18.7 Å². The van der Waals surface area contributed by atoms with Crippen molar-refractivity contribution in [2.24, 2.45) is 0 Å². The van der Waals surface area contributed by atoms with E-state index in [4.69, 9.17) is 0 Å². The van der Waals surface area contributed by atoms with Gasteiger partial charge in [-0.3, -0.25) is 0 Å². The van der Waals surface area contributed by atoms with Gasteiger partial charge in [0.2, 0.25) is 0 Å². The number of fused-ring (bicyclic) bond motifs is 3. The quantitative estimate of drug-likeness (QED) is 0.735. The summed E-state index contributed by atoms with van der Waals surface area (Å²) in [6, 6.07) is 17.9. The number of benzene rings is 2. The summed E-state index contributed by atoms with van der Waals surface area (Å²) in [6.45, 7) is 5.22.